The molecule has 0 bridgehead atoms. The van der Waals surface area contributed by atoms with Crippen LogP contribution in [0.15, 0.2) is 22.7 Å². The highest BCUT2D eigenvalue weighted by Crippen LogP contribution is 2.20. The number of carbonyl (C=O) groups is 2. The van der Waals surface area contributed by atoms with Gasteiger partial charge in [0.1, 0.15) is 6.10 Å². The minimum absolute atomic E-state index is 0. The predicted octanol–water partition coefficient (Wildman–Crippen LogP) is 2.13. The fourth-order valence-corrected chi connectivity index (χ4v) is 2.94. The summed E-state index contributed by atoms with van der Waals surface area (Å²) < 4.78 is 6.48. The van der Waals surface area contributed by atoms with Crippen LogP contribution in [0.2, 0.25) is 0 Å². The summed E-state index contributed by atoms with van der Waals surface area (Å²) in [5, 5.41) is 5.57. The first-order valence-electron chi connectivity index (χ1n) is 7.69. The summed E-state index contributed by atoms with van der Waals surface area (Å²) in [5.41, 5.74) is 7.27. The Morgan fingerprint density at radius 2 is 2.12 bits per heavy atom. The highest BCUT2D eigenvalue weighted by molar-refractivity contribution is 9.10. The molecule has 8 heteroatoms. The number of amides is 2. The van der Waals surface area contributed by atoms with Gasteiger partial charge in [0.15, 0.2) is 0 Å². The van der Waals surface area contributed by atoms with Gasteiger partial charge in [-0.1, -0.05) is 15.9 Å². The van der Waals surface area contributed by atoms with Gasteiger partial charge < -0.3 is 21.1 Å². The number of nitrogens with one attached hydrogen (secondary N) is 2. The Balaban J connectivity index is 0.00000288. The molecule has 2 amide bonds. The van der Waals surface area contributed by atoms with Crippen LogP contribution in [0.25, 0.3) is 0 Å². The van der Waals surface area contributed by atoms with Crippen molar-refractivity contribution in [2.75, 3.05) is 18.4 Å². The van der Waals surface area contributed by atoms with Crippen molar-refractivity contribution < 1.29 is 14.3 Å². The SMILES string of the molecule is Cc1cc(Br)ccc1NC(=O)CCNC(=O)[C@@H]1CC[C@H](CN)O1.Cl. The van der Waals surface area contributed by atoms with Crippen LogP contribution in [0.3, 0.4) is 0 Å². The molecule has 2 rings (SSSR count). The van der Waals surface area contributed by atoms with Crippen molar-refractivity contribution >= 4 is 45.8 Å². The lowest BCUT2D eigenvalue weighted by Crippen LogP contribution is -2.37. The third kappa shape index (κ3) is 6.05. The van der Waals surface area contributed by atoms with Crippen LogP contribution >= 0.6 is 28.3 Å². The van der Waals surface area contributed by atoms with E-state index in [0.29, 0.717) is 13.0 Å². The van der Waals surface area contributed by atoms with Crippen LogP contribution in [0, 0.1) is 6.92 Å². The van der Waals surface area contributed by atoms with E-state index in [1.807, 2.05) is 25.1 Å². The Kier molecular flexibility index (Phi) is 8.69. The molecule has 24 heavy (non-hydrogen) atoms. The third-order valence-corrected chi connectivity index (χ3v) is 4.27. The maximum atomic E-state index is 11.9. The minimum Gasteiger partial charge on any atom is -0.364 e. The largest absolute Gasteiger partial charge is 0.364 e. The number of rotatable bonds is 6. The maximum absolute atomic E-state index is 11.9. The molecule has 1 heterocycles. The molecule has 134 valence electrons. The molecule has 0 spiro atoms. The highest BCUT2D eigenvalue weighted by atomic mass is 79.9. The molecule has 0 aliphatic carbocycles. The number of anilines is 1. The van der Waals surface area contributed by atoms with Gasteiger partial charge in [-0.3, -0.25) is 9.59 Å². The van der Waals surface area contributed by atoms with Gasteiger partial charge in [0.2, 0.25) is 11.8 Å². The summed E-state index contributed by atoms with van der Waals surface area (Å²) in [5.74, 6) is -0.309. The summed E-state index contributed by atoms with van der Waals surface area (Å²) in [7, 11) is 0. The van der Waals surface area contributed by atoms with Gasteiger partial charge in [0, 0.05) is 29.7 Å². The molecule has 1 aromatic carbocycles. The lowest BCUT2D eigenvalue weighted by atomic mass is 10.2. The quantitative estimate of drug-likeness (QED) is 0.657. The summed E-state index contributed by atoms with van der Waals surface area (Å²) >= 11 is 3.38. The average Bonchev–Trinajstić information content (AvgIpc) is 2.99. The first-order chi connectivity index (χ1) is 11.0. The van der Waals surface area contributed by atoms with E-state index in [2.05, 4.69) is 26.6 Å². The van der Waals surface area contributed by atoms with E-state index in [9.17, 15) is 9.59 Å². The number of halogens is 2. The number of carbonyl (C=O) groups excluding carboxylic acids is 2. The molecule has 0 unspecified atom stereocenters. The van der Waals surface area contributed by atoms with Crippen molar-refractivity contribution in [3.05, 3.63) is 28.2 Å². The second-order valence-corrected chi connectivity index (χ2v) is 6.52. The second-order valence-electron chi connectivity index (χ2n) is 5.61. The number of aryl methyl sites for hydroxylation is 1. The summed E-state index contributed by atoms with van der Waals surface area (Å²) in [6.07, 6.45) is 1.22. The molecule has 1 saturated heterocycles. The smallest absolute Gasteiger partial charge is 0.249 e. The summed E-state index contributed by atoms with van der Waals surface area (Å²) in [4.78, 5) is 23.9. The van der Waals surface area contributed by atoms with Crippen molar-refractivity contribution in [3.8, 4) is 0 Å². The van der Waals surface area contributed by atoms with Crippen LogP contribution < -0.4 is 16.4 Å². The van der Waals surface area contributed by atoms with Gasteiger partial charge in [-0.05, 0) is 43.5 Å². The average molecular weight is 421 g/mol. The van der Waals surface area contributed by atoms with Gasteiger partial charge in [-0.25, -0.2) is 0 Å². The van der Waals surface area contributed by atoms with Crippen molar-refractivity contribution in [2.45, 2.75) is 38.4 Å². The van der Waals surface area contributed by atoms with Gasteiger partial charge in [-0.2, -0.15) is 0 Å². The van der Waals surface area contributed by atoms with Crippen LogP contribution in [-0.4, -0.2) is 37.1 Å². The van der Waals surface area contributed by atoms with Crippen LogP contribution in [-0.2, 0) is 14.3 Å². The fourth-order valence-electron chi connectivity index (χ4n) is 2.47. The molecule has 0 aromatic heterocycles. The Labute approximate surface area is 156 Å². The van der Waals surface area contributed by atoms with Crippen molar-refractivity contribution in [2.24, 2.45) is 5.73 Å². The Hall–Kier alpha value is -1.15. The zero-order chi connectivity index (χ0) is 16.8. The summed E-state index contributed by atoms with van der Waals surface area (Å²) in [6, 6.07) is 5.65. The van der Waals surface area contributed by atoms with Gasteiger partial charge in [0.05, 0.1) is 6.10 Å². The molecule has 0 radical (unpaired) electrons. The topological polar surface area (TPSA) is 93.5 Å². The van der Waals surface area contributed by atoms with Crippen molar-refractivity contribution in [1.82, 2.24) is 5.32 Å². The molecule has 0 saturated carbocycles. The standard InChI is InChI=1S/C16H22BrN3O3.ClH/c1-10-8-11(17)2-4-13(10)20-15(21)6-7-19-16(22)14-5-3-12(9-18)23-14;/h2,4,8,12,14H,3,5-7,9,18H2,1H3,(H,19,22)(H,20,21);1H/t12-,14+;/m1./s1. The van der Waals surface area contributed by atoms with Crippen LogP contribution in [0.1, 0.15) is 24.8 Å². The minimum atomic E-state index is -0.444. The van der Waals surface area contributed by atoms with Gasteiger partial charge in [0.25, 0.3) is 0 Å². The zero-order valence-corrected chi connectivity index (χ0v) is 15.9. The van der Waals surface area contributed by atoms with Crippen molar-refractivity contribution in [3.63, 3.8) is 0 Å². The predicted molar refractivity (Wildman–Crippen MR) is 99.3 cm³/mol. The number of nitrogens with two attached hydrogens (primary N) is 1. The first kappa shape index (κ1) is 20.9. The van der Waals surface area contributed by atoms with E-state index in [-0.39, 0.29) is 43.3 Å². The van der Waals surface area contributed by atoms with E-state index in [1.54, 1.807) is 0 Å². The number of hydrogen-bond donors (Lipinski definition) is 3. The molecular weight excluding hydrogens is 398 g/mol. The van der Waals surface area contributed by atoms with Gasteiger partial charge >= 0.3 is 0 Å². The number of benzene rings is 1. The van der Waals surface area contributed by atoms with E-state index in [0.717, 1.165) is 22.1 Å². The molecule has 1 aromatic rings. The van der Waals surface area contributed by atoms with E-state index in [1.165, 1.54) is 0 Å². The molecular formula is C16H23BrClN3O3. The first-order valence-corrected chi connectivity index (χ1v) is 8.48. The van der Waals surface area contributed by atoms with E-state index < -0.39 is 6.10 Å². The summed E-state index contributed by atoms with van der Waals surface area (Å²) in [6.45, 7) is 2.64. The van der Waals surface area contributed by atoms with Gasteiger partial charge in [-0.15, -0.1) is 12.4 Å². The molecule has 1 fully saturated rings. The number of hydrogen-bond acceptors (Lipinski definition) is 4. The lowest BCUT2D eigenvalue weighted by molar-refractivity contribution is -0.131. The highest BCUT2D eigenvalue weighted by Gasteiger charge is 2.29. The third-order valence-electron chi connectivity index (χ3n) is 3.78. The Morgan fingerprint density at radius 3 is 2.75 bits per heavy atom. The van der Waals surface area contributed by atoms with Crippen molar-refractivity contribution in [1.29, 1.82) is 0 Å². The molecule has 2 atom stereocenters. The molecule has 1 aliphatic rings. The molecule has 4 N–H and O–H groups in total. The Morgan fingerprint density at radius 1 is 1.38 bits per heavy atom. The van der Waals surface area contributed by atoms with E-state index in [4.69, 9.17) is 10.5 Å². The van der Waals surface area contributed by atoms with E-state index >= 15 is 0 Å². The second kappa shape index (κ2) is 9.98. The molecule has 6 nitrogen and oxygen atoms in total. The Bertz CT molecular complexity index is 586. The maximum Gasteiger partial charge on any atom is 0.249 e. The zero-order valence-electron chi connectivity index (χ0n) is 13.5. The molecule has 1 aliphatic heterocycles. The normalized spacial score (nSPS) is 19.5. The van der Waals surface area contributed by atoms with Crippen LogP contribution in [0.5, 0.6) is 0 Å². The monoisotopic (exact) mass is 419 g/mol. The van der Waals surface area contributed by atoms with Crippen LogP contribution in [0.4, 0.5) is 5.69 Å². The number of ether oxygens (including phenoxy) is 1. The fraction of sp³-hybridized carbons (Fsp3) is 0.500. The lowest BCUT2D eigenvalue weighted by Gasteiger charge is -2.13.